The molecular formula is C19H30N6O3. The van der Waals surface area contributed by atoms with Crippen LogP contribution in [0.4, 0.5) is 0 Å². The number of carboxylic acids is 1. The van der Waals surface area contributed by atoms with Gasteiger partial charge in [-0.05, 0) is 45.2 Å². The van der Waals surface area contributed by atoms with Crippen molar-refractivity contribution >= 4 is 11.9 Å². The van der Waals surface area contributed by atoms with Gasteiger partial charge in [0.2, 0.25) is 5.91 Å². The van der Waals surface area contributed by atoms with Crippen LogP contribution in [0.3, 0.4) is 0 Å². The molecule has 1 aromatic rings. The van der Waals surface area contributed by atoms with Crippen molar-refractivity contribution in [2.45, 2.75) is 44.8 Å². The van der Waals surface area contributed by atoms with Crippen LogP contribution >= 0.6 is 0 Å². The van der Waals surface area contributed by atoms with Crippen molar-refractivity contribution in [3.05, 3.63) is 11.9 Å². The molecule has 28 heavy (non-hydrogen) atoms. The fourth-order valence-corrected chi connectivity index (χ4v) is 5.10. The minimum Gasteiger partial charge on any atom is -0.481 e. The molecule has 0 aliphatic carbocycles. The summed E-state index contributed by atoms with van der Waals surface area (Å²) in [6, 6.07) is 0.407. The Morgan fingerprint density at radius 1 is 1.25 bits per heavy atom. The van der Waals surface area contributed by atoms with E-state index in [0.717, 1.165) is 38.2 Å². The van der Waals surface area contributed by atoms with Crippen LogP contribution in [0.15, 0.2) is 6.20 Å². The molecule has 4 aliphatic heterocycles. The van der Waals surface area contributed by atoms with Gasteiger partial charge in [-0.15, -0.1) is 5.10 Å². The van der Waals surface area contributed by atoms with Crippen LogP contribution in [0.25, 0.3) is 0 Å². The number of hydrogen-bond acceptors (Lipinski definition) is 6. The van der Waals surface area contributed by atoms with Crippen LogP contribution in [0, 0.1) is 17.8 Å². The van der Waals surface area contributed by atoms with Gasteiger partial charge in [0.15, 0.2) is 0 Å². The Balaban J connectivity index is 1.33. The second-order valence-corrected chi connectivity index (χ2v) is 8.44. The highest BCUT2D eigenvalue weighted by molar-refractivity contribution is 5.80. The van der Waals surface area contributed by atoms with Gasteiger partial charge in [0.05, 0.1) is 24.1 Å². The second kappa shape index (κ2) is 8.16. The van der Waals surface area contributed by atoms with Gasteiger partial charge in [-0.1, -0.05) is 5.21 Å². The number of carbonyl (C=O) groups excluding carboxylic acids is 1. The molecule has 4 fully saturated rings. The fraction of sp³-hybridized carbons (Fsp3) is 0.789. The molecule has 5 rings (SSSR count). The molecule has 0 saturated carbocycles. The van der Waals surface area contributed by atoms with E-state index < -0.39 is 5.97 Å². The van der Waals surface area contributed by atoms with Gasteiger partial charge in [0, 0.05) is 38.4 Å². The van der Waals surface area contributed by atoms with Crippen LogP contribution in [0.2, 0.25) is 0 Å². The fourth-order valence-electron chi connectivity index (χ4n) is 5.10. The molecule has 1 amide bonds. The maximum Gasteiger partial charge on any atom is 0.306 e. The zero-order valence-corrected chi connectivity index (χ0v) is 16.5. The lowest BCUT2D eigenvalue weighted by Gasteiger charge is -2.50. The van der Waals surface area contributed by atoms with Gasteiger partial charge in [0.25, 0.3) is 0 Å². The van der Waals surface area contributed by atoms with Gasteiger partial charge in [-0.2, -0.15) is 0 Å². The van der Waals surface area contributed by atoms with E-state index in [1.807, 2.05) is 22.8 Å². The summed E-state index contributed by atoms with van der Waals surface area (Å²) in [5, 5.41) is 20.7. The van der Waals surface area contributed by atoms with Gasteiger partial charge < -0.3 is 15.3 Å². The van der Waals surface area contributed by atoms with E-state index in [4.69, 9.17) is 5.11 Å². The lowest BCUT2D eigenvalue weighted by molar-refractivity contribution is -0.150. The first-order chi connectivity index (χ1) is 13.5. The summed E-state index contributed by atoms with van der Waals surface area (Å²) in [4.78, 5) is 28.6. The summed E-state index contributed by atoms with van der Waals surface area (Å²) in [5.41, 5.74) is 0.941. The van der Waals surface area contributed by atoms with Crippen LogP contribution in [-0.4, -0.2) is 81.0 Å². The highest BCUT2D eigenvalue weighted by Crippen LogP contribution is 2.38. The smallest absolute Gasteiger partial charge is 0.306 e. The summed E-state index contributed by atoms with van der Waals surface area (Å²) in [5.74, 6) is -0.324. The number of carboxylic acid groups (broad SMARTS) is 1. The van der Waals surface area contributed by atoms with Crippen LogP contribution in [-0.2, 0) is 22.7 Å². The van der Waals surface area contributed by atoms with Crippen LogP contribution in [0.1, 0.15) is 31.4 Å². The first kappa shape index (κ1) is 19.3. The largest absolute Gasteiger partial charge is 0.481 e. The Morgan fingerprint density at radius 2 is 2.04 bits per heavy atom. The molecule has 9 nitrogen and oxygen atoms in total. The summed E-state index contributed by atoms with van der Waals surface area (Å²) in [6.07, 6.45) is 5.23. The average molecular weight is 390 g/mol. The average Bonchev–Trinajstić information content (AvgIpc) is 3.15. The Kier molecular flexibility index (Phi) is 5.63. The number of carbonyl (C=O) groups is 2. The Bertz CT molecular complexity index is 714. The molecule has 1 aromatic heterocycles. The number of amides is 1. The summed E-state index contributed by atoms with van der Waals surface area (Å²) in [7, 11) is 1.89. The van der Waals surface area contributed by atoms with Crippen LogP contribution < -0.4 is 5.32 Å². The van der Waals surface area contributed by atoms with E-state index in [-0.39, 0.29) is 17.7 Å². The molecule has 4 aliphatic rings. The Hall–Kier alpha value is -2.00. The number of piperidine rings is 4. The molecular weight excluding hydrogens is 360 g/mol. The first-order valence-corrected chi connectivity index (χ1v) is 10.3. The quantitative estimate of drug-likeness (QED) is 0.706. The van der Waals surface area contributed by atoms with Crippen LogP contribution in [0.5, 0.6) is 0 Å². The van der Waals surface area contributed by atoms with E-state index in [1.54, 1.807) is 0 Å². The zero-order chi connectivity index (χ0) is 19.7. The monoisotopic (exact) mass is 390 g/mol. The predicted molar refractivity (Wildman–Crippen MR) is 101 cm³/mol. The van der Waals surface area contributed by atoms with E-state index >= 15 is 0 Å². The molecule has 4 atom stereocenters. The minimum atomic E-state index is -0.733. The molecule has 4 saturated heterocycles. The first-order valence-electron chi connectivity index (χ1n) is 10.3. The summed E-state index contributed by atoms with van der Waals surface area (Å²) in [6.45, 7) is 4.54. The van der Waals surface area contributed by atoms with Crippen molar-refractivity contribution in [3.63, 3.8) is 0 Å². The zero-order valence-electron chi connectivity index (χ0n) is 16.5. The van der Waals surface area contributed by atoms with E-state index in [2.05, 4.69) is 20.5 Å². The Morgan fingerprint density at radius 3 is 2.68 bits per heavy atom. The Labute approximate surface area is 165 Å². The number of fused-ring (bicyclic) bond motifs is 3. The summed E-state index contributed by atoms with van der Waals surface area (Å²) < 4.78 is 1.92. The molecule has 0 radical (unpaired) electrons. The molecule has 2 bridgehead atoms. The topological polar surface area (TPSA) is 104 Å². The standard InChI is InChI=1S/C19H30N6O3/c1-20-9-15-10-25(22-21-15)11-16-8-14-4-7-24(16)12-17(14)18(26)23-5-2-13(3-6-23)19(27)28/h10,13-14,16-17,20H,2-9,11-12H2,1H3,(H,27,28). The van der Waals surface area contributed by atoms with Crippen molar-refractivity contribution < 1.29 is 14.7 Å². The molecule has 2 N–H and O–H groups in total. The third-order valence-electron chi connectivity index (χ3n) is 6.69. The van der Waals surface area contributed by atoms with E-state index in [1.165, 1.54) is 0 Å². The van der Waals surface area contributed by atoms with Crippen molar-refractivity contribution in [1.82, 2.24) is 30.1 Å². The molecule has 0 aromatic carbocycles. The van der Waals surface area contributed by atoms with E-state index in [9.17, 15) is 9.59 Å². The number of aliphatic carboxylic acids is 1. The van der Waals surface area contributed by atoms with Crippen molar-refractivity contribution in [2.24, 2.45) is 17.8 Å². The second-order valence-electron chi connectivity index (χ2n) is 8.44. The molecule has 4 unspecified atom stereocenters. The number of likely N-dealkylation sites (tertiary alicyclic amines) is 1. The lowest BCUT2D eigenvalue weighted by atomic mass is 9.74. The normalized spacial score (nSPS) is 30.5. The minimum absolute atomic E-state index is 0.0574. The highest BCUT2D eigenvalue weighted by atomic mass is 16.4. The summed E-state index contributed by atoms with van der Waals surface area (Å²) >= 11 is 0. The molecule has 154 valence electrons. The van der Waals surface area contributed by atoms with Crippen molar-refractivity contribution in [1.29, 1.82) is 0 Å². The number of rotatable bonds is 6. The van der Waals surface area contributed by atoms with Crippen molar-refractivity contribution in [2.75, 3.05) is 33.2 Å². The SMILES string of the molecule is CNCc1cn(CC2CC3CCN2CC3C(=O)N2CCC(C(=O)O)CC2)nn1. The van der Waals surface area contributed by atoms with E-state index in [0.29, 0.717) is 44.4 Å². The number of nitrogens with zero attached hydrogens (tertiary/aromatic N) is 5. The maximum absolute atomic E-state index is 13.1. The van der Waals surface area contributed by atoms with Gasteiger partial charge in [0.1, 0.15) is 0 Å². The van der Waals surface area contributed by atoms with Gasteiger partial charge >= 0.3 is 5.97 Å². The third kappa shape index (κ3) is 3.91. The highest BCUT2D eigenvalue weighted by Gasteiger charge is 2.45. The molecule has 5 heterocycles. The maximum atomic E-state index is 13.1. The third-order valence-corrected chi connectivity index (χ3v) is 6.69. The van der Waals surface area contributed by atoms with Gasteiger partial charge in [-0.25, -0.2) is 0 Å². The van der Waals surface area contributed by atoms with Crippen molar-refractivity contribution in [3.8, 4) is 0 Å². The van der Waals surface area contributed by atoms with Gasteiger partial charge in [-0.3, -0.25) is 19.2 Å². The number of hydrogen-bond donors (Lipinski definition) is 2. The molecule has 9 heteroatoms. The lowest BCUT2D eigenvalue weighted by Crippen LogP contribution is -2.59. The number of nitrogens with one attached hydrogen (secondary N) is 1. The molecule has 0 spiro atoms. The number of aromatic nitrogens is 3. The predicted octanol–water partition coefficient (Wildman–Crippen LogP) is 0.0311.